The molecule has 1 saturated heterocycles. The lowest BCUT2D eigenvalue weighted by Gasteiger charge is -2.39. The lowest BCUT2D eigenvalue weighted by molar-refractivity contribution is 0.0883. The van der Waals surface area contributed by atoms with E-state index in [9.17, 15) is 0 Å². The summed E-state index contributed by atoms with van der Waals surface area (Å²) < 4.78 is 0. The third-order valence-electron chi connectivity index (χ3n) is 4.52. The average molecular weight is 310 g/mol. The lowest BCUT2D eigenvalue weighted by atomic mass is 10.1. The summed E-state index contributed by atoms with van der Waals surface area (Å²) in [5, 5.41) is 3.51. The van der Waals surface area contributed by atoms with Gasteiger partial charge < -0.3 is 10.2 Å². The third-order valence-corrected chi connectivity index (χ3v) is 5.62. The third kappa shape index (κ3) is 4.78. The maximum Gasteiger partial charge on any atom is 0.0299 e. The summed E-state index contributed by atoms with van der Waals surface area (Å²) in [5.74, 6) is 0. The first kappa shape index (κ1) is 16.9. The molecule has 0 aromatic carbocycles. The van der Waals surface area contributed by atoms with Crippen LogP contribution in [-0.2, 0) is 13.1 Å². The molecule has 1 atom stereocenters. The van der Waals surface area contributed by atoms with Crippen LogP contribution in [0.5, 0.6) is 0 Å². The van der Waals surface area contributed by atoms with Crippen LogP contribution in [-0.4, -0.2) is 49.1 Å². The fourth-order valence-corrected chi connectivity index (χ4v) is 4.08. The molecule has 21 heavy (non-hydrogen) atoms. The van der Waals surface area contributed by atoms with Crippen LogP contribution in [0.1, 0.15) is 42.0 Å². The molecule has 120 valence electrons. The van der Waals surface area contributed by atoms with Gasteiger partial charge in [-0.05, 0) is 45.0 Å². The molecule has 1 aliphatic heterocycles. The van der Waals surface area contributed by atoms with Crippen LogP contribution in [0.25, 0.3) is 0 Å². The molecule has 0 bridgehead atoms. The smallest absolute Gasteiger partial charge is 0.0299 e. The molecule has 2 heterocycles. The van der Waals surface area contributed by atoms with Gasteiger partial charge in [0.1, 0.15) is 0 Å². The van der Waals surface area contributed by atoms with E-state index < -0.39 is 0 Å². The lowest BCUT2D eigenvalue weighted by Crippen LogP contribution is -2.50. The second-order valence-electron chi connectivity index (χ2n) is 6.25. The highest BCUT2D eigenvalue weighted by atomic mass is 32.1. The number of nitrogens with one attached hydrogen (secondary N) is 1. The highest BCUT2D eigenvalue weighted by Gasteiger charge is 2.23. The number of aryl methyl sites for hydroxylation is 1. The Kier molecular flexibility index (Phi) is 6.68. The van der Waals surface area contributed by atoms with E-state index in [-0.39, 0.29) is 0 Å². The Morgan fingerprint density at radius 3 is 2.86 bits per heavy atom. The van der Waals surface area contributed by atoms with Gasteiger partial charge in [0.15, 0.2) is 0 Å². The molecule has 1 N–H and O–H groups in total. The maximum atomic E-state index is 3.51. The Balaban J connectivity index is 1.90. The normalized spacial score (nSPS) is 21.0. The first-order valence-corrected chi connectivity index (χ1v) is 9.17. The molecule has 0 aliphatic carbocycles. The average Bonchev–Trinajstić information content (AvgIpc) is 2.81. The fraction of sp³-hybridized carbons (Fsp3) is 0.765. The predicted molar refractivity (Wildman–Crippen MR) is 93.0 cm³/mol. The van der Waals surface area contributed by atoms with Crippen molar-refractivity contribution in [3.63, 3.8) is 0 Å². The summed E-state index contributed by atoms with van der Waals surface area (Å²) in [6, 6.07) is 3.14. The summed E-state index contributed by atoms with van der Waals surface area (Å²) in [7, 11) is 2.26. The van der Waals surface area contributed by atoms with Crippen molar-refractivity contribution in [2.24, 2.45) is 0 Å². The predicted octanol–water partition coefficient (Wildman–Crippen LogP) is 3.08. The molecule has 0 saturated carbocycles. The van der Waals surface area contributed by atoms with Crippen LogP contribution < -0.4 is 5.32 Å². The molecule has 4 heteroatoms. The van der Waals surface area contributed by atoms with Crippen molar-refractivity contribution < 1.29 is 0 Å². The minimum Gasteiger partial charge on any atom is -0.312 e. The van der Waals surface area contributed by atoms with Crippen LogP contribution in [0, 0.1) is 6.92 Å². The molecule has 2 rings (SSSR count). The number of piperazine rings is 1. The zero-order chi connectivity index (χ0) is 15.2. The van der Waals surface area contributed by atoms with E-state index in [2.05, 4.69) is 49.0 Å². The van der Waals surface area contributed by atoms with Gasteiger partial charge >= 0.3 is 0 Å². The molecule has 0 spiro atoms. The Bertz CT molecular complexity index is 430. The van der Waals surface area contributed by atoms with Crippen molar-refractivity contribution in [2.45, 2.75) is 52.7 Å². The van der Waals surface area contributed by atoms with Gasteiger partial charge in [0.2, 0.25) is 0 Å². The maximum absolute atomic E-state index is 3.51. The van der Waals surface area contributed by atoms with Gasteiger partial charge in [-0.25, -0.2) is 0 Å². The Hall–Kier alpha value is -0.420. The van der Waals surface area contributed by atoms with Gasteiger partial charge in [0.05, 0.1) is 0 Å². The van der Waals surface area contributed by atoms with Gasteiger partial charge in [-0.15, -0.1) is 11.3 Å². The van der Waals surface area contributed by atoms with Crippen LogP contribution in [0.15, 0.2) is 6.07 Å². The van der Waals surface area contributed by atoms with Gasteiger partial charge in [-0.1, -0.05) is 13.8 Å². The molecule has 1 aromatic rings. The molecule has 3 nitrogen and oxygen atoms in total. The van der Waals surface area contributed by atoms with E-state index in [1.54, 1.807) is 0 Å². The van der Waals surface area contributed by atoms with E-state index in [1.165, 1.54) is 47.8 Å². The first-order valence-electron chi connectivity index (χ1n) is 8.35. The molecule has 1 aromatic heterocycles. The molecule has 1 aliphatic rings. The second kappa shape index (κ2) is 8.28. The van der Waals surface area contributed by atoms with E-state index in [0.717, 1.165) is 25.7 Å². The van der Waals surface area contributed by atoms with E-state index in [4.69, 9.17) is 0 Å². The van der Waals surface area contributed by atoms with Crippen molar-refractivity contribution in [2.75, 3.05) is 33.2 Å². The highest BCUT2D eigenvalue weighted by Crippen LogP contribution is 2.24. The van der Waals surface area contributed by atoms with Gasteiger partial charge in [0, 0.05) is 48.5 Å². The summed E-state index contributed by atoms with van der Waals surface area (Å²) >= 11 is 1.96. The number of thiophene rings is 1. The Morgan fingerprint density at radius 2 is 2.14 bits per heavy atom. The Labute approximate surface area is 134 Å². The fourth-order valence-electron chi connectivity index (χ4n) is 3.06. The van der Waals surface area contributed by atoms with Crippen LogP contribution in [0.4, 0.5) is 0 Å². The number of rotatable bonds is 7. The zero-order valence-electron chi connectivity index (χ0n) is 14.1. The number of nitrogens with zero attached hydrogens (tertiary/aromatic N) is 2. The summed E-state index contributed by atoms with van der Waals surface area (Å²) in [4.78, 5) is 8.12. The molecular formula is C17H31N3S. The van der Waals surface area contributed by atoms with Gasteiger partial charge in [0.25, 0.3) is 0 Å². The van der Waals surface area contributed by atoms with E-state index >= 15 is 0 Å². The quantitative estimate of drug-likeness (QED) is 0.781. The van der Waals surface area contributed by atoms with E-state index in [0.29, 0.717) is 0 Å². The van der Waals surface area contributed by atoms with Crippen LogP contribution in [0.3, 0.4) is 0 Å². The highest BCUT2D eigenvalue weighted by molar-refractivity contribution is 7.12. The topological polar surface area (TPSA) is 18.5 Å². The van der Waals surface area contributed by atoms with Gasteiger partial charge in [-0.2, -0.15) is 0 Å². The standard InChI is InChI=1S/C17H31N3S/c1-5-7-18-11-17-10-15(14(3)21-17)12-20-9-8-19(4)16(6-2)13-20/h10,16,18H,5-9,11-13H2,1-4H3. The molecule has 0 amide bonds. The van der Waals surface area contributed by atoms with Crippen molar-refractivity contribution >= 4 is 11.3 Å². The molecule has 1 fully saturated rings. The van der Waals surface area contributed by atoms with Crippen molar-refractivity contribution in [1.29, 1.82) is 0 Å². The van der Waals surface area contributed by atoms with Crippen molar-refractivity contribution in [1.82, 2.24) is 15.1 Å². The Morgan fingerprint density at radius 1 is 1.33 bits per heavy atom. The van der Waals surface area contributed by atoms with Crippen LogP contribution in [0.2, 0.25) is 0 Å². The SMILES string of the molecule is CCCNCc1cc(CN2CCN(C)C(CC)C2)c(C)s1. The number of hydrogen-bond donors (Lipinski definition) is 1. The minimum atomic E-state index is 0.725. The van der Waals surface area contributed by atoms with Gasteiger partial charge in [-0.3, -0.25) is 4.90 Å². The first-order chi connectivity index (χ1) is 10.1. The molecule has 0 radical (unpaired) electrons. The number of likely N-dealkylation sites (N-methyl/N-ethyl adjacent to an activating group) is 1. The van der Waals surface area contributed by atoms with Crippen molar-refractivity contribution in [3.8, 4) is 0 Å². The summed E-state index contributed by atoms with van der Waals surface area (Å²) in [6.07, 6.45) is 2.46. The minimum absolute atomic E-state index is 0.725. The molecular weight excluding hydrogens is 278 g/mol. The summed E-state index contributed by atoms with van der Waals surface area (Å²) in [6.45, 7) is 13.7. The summed E-state index contributed by atoms with van der Waals surface area (Å²) in [5.41, 5.74) is 1.53. The largest absolute Gasteiger partial charge is 0.312 e. The zero-order valence-corrected chi connectivity index (χ0v) is 14.9. The second-order valence-corrected chi connectivity index (χ2v) is 7.59. The molecule has 1 unspecified atom stereocenters. The van der Waals surface area contributed by atoms with Crippen LogP contribution >= 0.6 is 11.3 Å². The van der Waals surface area contributed by atoms with E-state index in [1.807, 2.05) is 11.3 Å². The number of hydrogen-bond acceptors (Lipinski definition) is 4. The van der Waals surface area contributed by atoms with Crippen molar-refractivity contribution in [3.05, 3.63) is 21.4 Å². The monoisotopic (exact) mass is 309 g/mol.